The molecule has 2 saturated heterocycles. The molecular formula is C19H24BrCl3N2O2. The maximum absolute atomic E-state index is 12.6. The van der Waals surface area contributed by atoms with Crippen molar-refractivity contribution < 1.29 is 9.53 Å². The van der Waals surface area contributed by atoms with E-state index in [1.165, 1.54) is 19.3 Å². The predicted octanol–water partition coefficient (Wildman–Crippen LogP) is 5.16. The van der Waals surface area contributed by atoms with Gasteiger partial charge in [0.05, 0.1) is 12.2 Å². The van der Waals surface area contributed by atoms with Gasteiger partial charge in [-0.15, -0.1) is 0 Å². The summed E-state index contributed by atoms with van der Waals surface area (Å²) in [4.78, 5) is 15.2. The number of rotatable bonds is 5. The Hall–Kier alpha value is -0.0400. The van der Waals surface area contributed by atoms with Gasteiger partial charge >= 0.3 is 0 Å². The van der Waals surface area contributed by atoms with Crippen molar-refractivity contribution in [2.24, 2.45) is 5.92 Å². The number of halogens is 4. The molecule has 2 heterocycles. The Labute approximate surface area is 184 Å². The molecule has 1 aromatic rings. The van der Waals surface area contributed by atoms with Crippen LogP contribution in [0.4, 0.5) is 0 Å². The summed E-state index contributed by atoms with van der Waals surface area (Å²) in [5.74, 6) is 0.0519. The fourth-order valence-corrected chi connectivity index (χ4v) is 4.87. The maximum Gasteiger partial charge on any atom is 0.254 e. The first kappa shape index (κ1) is 21.7. The molecule has 0 aromatic heterocycles. The average Bonchev–Trinajstić information content (AvgIpc) is 2.64. The third kappa shape index (κ3) is 5.74. The topological polar surface area (TPSA) is 41.6 Å². The van der Waals surface area contributed by atoms with Crippen LogP contribution >= 0.6 is 50.7 Å². The van der Waals surface area contributed by atoms with Crippen LogP contribution in [-0.2, 0) is 4.74 Å². The number of nitrogens with zero attached hydrogens (tertiary/aromatic N) is 1. The van der Waals surface area contributed by atoms with Crippen molar-refractivity contribution in [3.63, 3.8) is 0 Å². The van der Waals surface area contributed by atoms with Gasteiger partial charge in [-0.25, -0.2) is 0 Å². The van der Waals surface area contributed by atoms with Gasteiger partial charge < -0.3 is 15.0 Å². The summed E-state index contributed by atoms with van der Waals surface area (Å²) in [5.41, 5.74) is 0.469. The zero-order valence-electron chi connectivity index (χ0n) is 15.0. The summed E-state index contributed by atoms with van der Waals surface area (Å²) < 4.78 is 4.88. The van der Waals surface area contributed by atoms with Crippen molar-refractivity contribution in [2.45, 2.75) is 48.2 Å². The van der Waals surface area contributed by atoms with Gasteiger partial charge in [-0.05, 0) is 72.8 Å². The maximum atomic E-state index is 12.6. The molecule has 27 heavy (non-hydrogen) atoms. The van der Waals surface area contributed by atoms with Crippen LogP contribution in [0.15, 0.2) is 28.7 Å². The SMILES string of the molecule is O=C(N[C@@H](OC[C@H]1CCCN2CCCC[C@H]12)C(Cl)(Cl)Cl)c1ccccc1Br. The highest BCUT2D eigenvalue weighted by molar-refractivity contribution is 9.10. The average molecular weight is 499 g/mol. The number of piperidine rings is 2. The zero-order chi connectivity index (χ0) is 19.4. The summed E-state index contributed by atoms with van der Waals surface area (Å²) in [6, 6.07) is 7.64. The number of benzene rings is 1. The van der Waals surface area contributed by atoms with E-state index in [0.717, 1.165) is 25.9 Å². The number of hydrogen-bond donors (Lipinski definition) is 1. The van der Waals surface area contributed by atoms with Crippen molar-refractivity contribution >= 4 is 56.6 Å². The summed E-state index contributed by atoms with van der Waals surface area (Å²) in [7, 11) is 0. The van der Waals surface area contributed by atoms with Crippen LogP contribution in [0.5, 0.6) is 0 Å². The van der Waals surface area contributed by atoms with Crippen molar-refractivity contribution in [3.8, 4) is 0 Å². The molecule has 0 aliphatic carbocycles. The number of ether oxygens (including phenoxy) is 1. The first-order chi connectivity index (χ1) is 12.9. The van der Waals surface area contributed by atoms with Crippen LogP contribution in [0.3, 0.4) is 0 Å². The molecule has 2 aliphatic rings. The number of carbonyl (C=O) groups is 1. The van der Waals surface area contributed by atoms with Gasteiger partial charge in [0, 0.05) is 10.5 Å². The van der Waals surface area contributed by atoms with E-state index in [1.54, 1.807) is 18.2 Å². The Morgan fingerprint density at radius 3 is 2.70 bits per heavy atom. The number of alkyl halides is 3. The molecule has 1 aromatic carbocycles. The molecule has 0 bridgehead atoms. The normalized spacial score (nSPS) is 24.9. The summed E-state index contributed by atoms with van der Waals surface area (Å²) in [6.07, 6.45) is 4.96. The van der Waals surface area contributed by atoms with Gasteiger partial charge in [0.2, 0.25) is 3.79 Å². The molecule has 3 atom stereocenters. The fourth-order valence-electron chi connectivity index (χ4n) is 4.05. The summed E-state index contributed by atoms with van der Waals surface area (Å²) in [6.45, 7) is 2.79. The summed E-state index contributed by atoms with van der Waals surface area (Å²) in [5, 5.41) is 2.73. The van der Waals surface area contributed by atoms with Gasteiger partial charge in [0.15, 0.2) is 6.23 Å². The molecule has 1 N–H and O–H groups in total. The van der Waals surface area contributed by atoms with Crippen LogP contribution < -0.4 is 5.32 Å². The van der Waals surface area contributed by atoms with Crippen LogP contribution in [-0.4, -0.2) is 46.6 Å². The minimum Gasteiger partial charge on any atom is -0.354 e. The molecular weight excluding hydrogens is 474 g/mol. The minimum atomic E-state index is -1.75. The highest BCUT2D eigenvalue weighted by Gasteiger charge is 2.38. The molecule has 3 rings (SSSR count). The Bertz CT molecular complexity index is 654. The highest BCUT2D eigenvalue weighted by atomic mass is 79.9. The highest BCUT2D eigenvalue weighted by Crippen LogP contribution is 2.34. The number of hydrogen-bond acceptors (Lipinski definition) is 3. The number of nitrogens with one attached hydrogen (secondary N) is 1. The second-order valence-electron chi connectivity index (χ2n) is 7.21. The van der Waals surface area contributed by atoms with Crippen LogP contribution in [0, 0.1) is 5.92 Å². The fraction of sp³-hybridized carbons (Fsp3) is 0.632. The Balaban J connectivity index is 1.63. The number of amides is 1. The largest absolute Gasteiger partial charge is 0.354 e. The zero-order valence-corrected chi connectivity index (χ0v) is 18.8. The van der Waals surface area contributed by atoms with E-state index >= 15 is 0 Å². The van der Waals surface area contributed by atoms with Gasteiger partial charge in [-0.2, -0.15) is 0 Å². The van der Waals surface area contributed by atoms with Crippen LogP contribution in [0.1, 0.15) is 42.5 Å². The Kier molecular flexibility index (Phi) is 7.73. The monoisotopic (exact) mass is 496 g/mol. The molecule has 0 spiro atoms. The van der Waals surface area contributed by atoms with Crippen molar-refractivity contribution in [3.05, 3.63) is 34.3 Å². The third-order valence-electron chi connectivity index (χ3n) is 5.38. The quantitative estimate of drug-likeness (QED) is 0.451. The lowest BCUT2D eigenvalue weighted by atomic mass is 9.84. The molecule has 0 saturated carbocycles. The van der Waals surface area contributed by atoms with Crippen molar-refractivity contribution in [1.29, 1.82) is 0 Å². The van der Waals surface area contributed by atoms with Gasteiger partial charge in [-0.1, -0.05) is 53.4 Å². The Morgan fingerprint density at radius 1 is 1.22 bits per heavy atom. The first-order valence-electron chi connectivity index (χ1n) is 9.34. The van der Waals surface area contributed by atoms with E-state index in [2.05, 4.69) is 26.1 Å². The summed E-state index contributed by atoms with van der Waals surface area (Å²) >= 11 is 21.7. The molecule has 1 amide bonds. The molecule has 8 heteroatoms. The van der Waals surface area contributed by atoms with E-state index in [0.29, 0.717) is 28.6 Å². The molecule has 0 unspecified atom stereocenters. The number of carbonyl (C=O) groups excluding carboxylic acids is 1. The molecule has 150 valence electrons. The second-order valence-corrected chi connectivity index (χ2v) is 10.4. The van der Waals surface area contributed by atoms with E-state index < -0.39 is 10.0 Å². The molecule has 0 radical (unpaired) electrons. The lowest BCUT2D eigenvalue weighted by Crippen LogP contribution is -2.51. The van der Waals surface area contributed by atoms with E-state index in [1.807, 2.05) is 6.07 Å². The number of fused-ring (bicyclic) bond motifs is 1. The molecule has 2 aliphatic heterocycles. The second kappa shape index (κ2) is 9.64. The standard InChI is InChI=1S/C19H24BrCl3N2O2/c20-15-8-2-1-7-14(15)17(26)24-18(19(21,22)23)27-12-13-6-5-11-25-10-4-3-9-16(13)25/h1-2,7-8,13,16,18H,3-6,9-12H2,(H,24,26)/t13-,16-,18+/m1/s1. The lowest BCUT2D eigenvalue weighted by molar-refractivity contribution is -0.0325. The van der Waals surface area contributed by atoms with E-state index in [4.69, 9.17) is 39.5 Å². The van der Waals surface area contributed by atoms with Crippen LogP contribution in [0.2, 0.25) is 0 Å². The Morgan fingerprint density at radius 2 is 1.96 bits per heavy atom. The van der Waals surface area contributed by atoms with Gasteiger partial charge in [-0.3, -0.25) is 4.79 Å². The van der Waals surface area contributed by atoms with Gasteiger partial charge in [0.1, 0.15) is 0 Å². The van der Waals surface area contributed by atoms with Gasteiger partial charge in [0.25, 0.3) is 5.91 Å². The van der Waals surface area contributed by atoms with E-state index in [9.17, 15) is 4.79 Å². The molecule has 2 fully saturated rings. The van der Waals surface area contributed by atoms with Crippen LogP contribution in [0.25, 0.3) is 0 Å². The first-order valence-corrected chi connectivity index (χ1v) is 11.3. The third-order valence-corrected chi connectivity index (χ3v) is 6.67. The predicted molar refractivity (Wildman–Crippen MR) is 114 cm³/mol. The molecule has 4 nitrogen and oxygen atoms in total. The van der Waals surface area contributed by atoms with Crippen molar-refractivity contribution in [1.82, 2.24) is 10.2 Å². The van der Waals surface area contributed by atoms with E-state index in [-0.39, 0.29) is 5.91 Å². The lowest BCUT2D eigenvalue weighted by Gasteiger charge is -2.44. The van der Waals surface area contributed by atoms with Crippen molar-refractivity contribution in [2.75, 3.05) is 19.7 Å². The minimum absolute atomic E-state index is 0.346. The smallest absolute Gasteiger partial charge is 0.254 e.